The molecule has 0 saturated carbocycles. The second-order valence-electron chi connectivity index (χ2n) is 12.3. The Balaban J connectivity index is 1.12. The van der Waals surface area contributed by atoms with Crippen molar-refractivity contribution >= 4 is 63.8 Å². The first-order valence-corrected chi connectivity index (χ1v) is 17.1. The SMILES string of the molecule is c1ccc(-c2nc(-c3ccc(-c4cc5ccncc5c5c4ccc4ccccc45)cc3)nc(-c3ccc4c(c3)sc3ccccc34)n2)cc1. The van der Waals surface area contributed by atoms with Gasteiger partial charge in [0.2, 0.25) is 0 Å². The molecule has 4 nitrogen and oxygen atoms in total. The fourth-order valence-corrected chi connectivity index (χ4v) is 8.16. The number of fused-ring (bicyclic) bond motifs is 8. The van der Waals surface area contributed by atoms with E-state index in [9.17, 15) is 0 Å². The lowest BCUT2D eigenvalue weighted by molar-refractivity contribution is 1.07. The van der Waals surface area contributed by atoms with Crippen molar-refractivity contribution in [3.8, 4) is 45.3 Å². The van der Waals surface area contributed by atoms with Crippen LogP contribution in [-0.2, 0) is 0 Å². The molecular weight excluding hydrogens is 617 g/mol. The van der Waals surface area contributed by atoms with E-state index in [4.69, 9.17) is 15.0 Å². The Morgan fingerprint density at radius 1 is 0.388 bits per heavy atom. The van der Waals surface area contributed by atoms with E-state index in [2.05, 4.69) is 120 Å². The first-order chi connectivity index (χ1) is 24.3. The van der Waals surface area contributed by atoms with Gasteiger partial charge in [-0.05, 0) is 62.3 Å². The van der Waals surface area contributed by atoms with Gasteiger partial charge < -0.3 is 0 Å². The summed E-state index contributed by atoms with van der Waals surface area (Å²) in [4.78, 5) is 19.5. The Bertz CT molecular complexity index is 2860. The van der Waals surface area contributed by atoms with E-state index in [-0.39, 0.29) is 0 Å². The first-order valence-electron chi connectivity index (χ1n) is 16.3. The third-order valence-electron chi connectivity index (χ3n) is 9.40. The number of rotatable bonds is 4. The Kier molecular flexibility index (Phi) is 6.32. The second kappa shape index (κ2) is 11.2. The molecule has 0 atom stereocenters. The molecular formula is C44H26N4S. The fourth-order valence-electron chi connectivity index (χ4n) is 7.01. The molecule has 0 aliphatic heterocycles. The van der Waals surface area contributed by atoms with Gasteiger partial charge in [-0.15, -0.1) is 11.3 Å². The lowest BCUT2D eigenvalue weighted by Crippen LogP contribution is -2.00. The quantitative estimate of drug-likeness (QED) is 0.179. The third kappa shape index (κ3) is 4.66. The van der Waals surface area contributed by atoms with E-state index in [1.807, 2.05) is 42.7 Å². The molecule has 3 heterocycles. The lowest BCUT2D eigenvalue weighted by atomic mass is 9.91. The van der Waals surface area contributed by atoms with Crippen LogP contribution >= 0.6 is 11.3 Å². The van der Waals surface area contributed by atoms with Gasteiger partial charge in [0.1, 0.15) is 0 Å². The summed E-state index contributed by atoms with van der Waals surface area (Å²) in [6.07, 6.45) is 3.85. The summed E-state index contributed by atoms with van der Waals surface area (Å²) < 4.78 is 2.50. The number of nitrogens with zero attached hydrogens (tertiary/aromatic N) is 4. The van der Waals surface area contributed by atoms with Gasteiger partial charge >= 0.3 is 0 Å². The van der Waals surface area contributed by atoms with Gasteiger partial charge in [-0.25, -0.2) is 15.0 Å². The molecule has 0 amide bonds. The van der Waals surface area contributed by atoms with Gasteiger partial charge in [-0.3, -0.25) is 4.98 Å². The van der Waals surface area contributed by atoms with E-state index < -0.39 is 0 Å². The van der Waals surface area contributed by atoms with Gasteiger partial charge in [0.15, 0.2) is 17.5 Å². The summed E-state index contributed by atoms with van der Waals surface area (Å²) in [5.74, 6) is 1.96. The van der Waals surface area contributed by atoms with Gasteiger partial charge in [0.05, 0.1) is 0 Å². The highest BCUT2D eigenvalue weighted by Crippen LogP contribution is 2.40. The molecule has 0 unspecified atom stereocenters. The zero-order valence-corrected chi connectivity index (χ0v) is 27.0. The molecule has 7 aromatic carbocycles. The lowest BCUT2D eigenvalue weighted by Gasteiger charge is -2.14. The van der Waals surface area contributed by atoms with Crippen LogP contribution in [-0.4, -0.2) is 19.9 Å². The van der Waals surface area contributed by atoms with Gasteiger partial charge in [-0.2, -0.15) is 0 Å². The summed E-state index contributed by atoms with van der Waals surface area (Å²) in [5.41, 5.74) is 5.18. The zero-order chi connectivity index (χ0) is 32.3. The molecule has 0 aliphatic rings. The van der Waals surface area contributed by atoms with Crippen LogP contribution in [0.2, 0.25) is 0 Å². The number of thiophene rings is 1. The topological polar surface area (TPSA) is 51.6 Å². The van der Waals surface area contributed by atoms with Crippen LogP contribution in [0.5, 0.6) is 0 Å². The van der Waals surface area contributed by atoms with Crippen LogP contribution in [0.1, 0.15) is 0 Å². The number of aromatic nitrogens is 4. The van der Waals surface area contributed by atoms with Crippen molar-refractivity contribution < 1.29 is 0 Å². The Labute approximate surface area is 286 Å². The van der Waals surface area contributed by atoms with Crippen molar-refractivity contribution in [1.29, 1.82) is 0 Å². The predicted molar refractivity (Wildman–Crippen MR) is 205 cm³/mol. The van der Waals surface area contributed by atoms with E-state index in [0.717, 1.165) is 27.6 Å². The zero-order valence-electron chi connectivity index (χ0n) is 26.2. The molecule has 0 saturated heterocycles. The predicted octanol–water partition coefficient (Wildman–Crippen LogP) is 11.8. The van der Waals surface area contributed by atoms with Crippen LogP contribution < -0.4 is 0 Å². The Morgan fingerprint density at radius 3 is 1.86 bits per heavy atom. The minimum Gasteiger partial charge on any atom is -0.264 e. The average molecular weight is 643 g/mol. The van der Waals surface area contributed by atoms with Crippen LogP contribution in [0.15, 0.2) is 158 Å². The highest BCUT2D eigenvalue weighted by molar-refractivity contribution is 7.25. The largest absolute Gasteiger partial charge is 0.264 e. The van der Waals surface area contributed by atoms with Crippen molar-refractivity contribution in [2.24, 2.45) is 0 Å². The van der Waals surface area contributed by atoms with Crippen molar-refractivity contribution in [2.45, 2.75) is 0 Å². The van der Waals surface area contributed by atoms with E-state index >= 15 is 0 Å². The van der Waals surface area contributed by atoms with E-state index in [0.29, 0.717) is 17.5 Å². The highest BCUT2D eigenvalue weighted by atomic mass is 32.1. The van der Waals surface area contributed by atoms with Crippen LogP contribution in [0, 0.1) is 0 Å². The van der Waals surface area contributed by atoms with Gasteiger partial charge in [0, 0.05) is 54.6 Å². The number of hydrogen-bond donors (Lipinski definition) is 0. The molecule has 0 aliphatic carbocycles. The Hall–Kier alpha value is -6.30. The standard InChI is InChI=1S/C44H26N4S/c1-2-9-29(10-3-1)42-46-43(48-44(47-42)32-19-20-35-34-12-6-7-13-39(34)49-40(35)25-32)30-16-14-28(15-17-30)37-24-31-22-23-45-26-38(31)41-33-11-5-4-8-27(33)18-21-36(37)41/h1-26H. The molecule has 10 rings (SSSR count). The smallest absolute Gasteiger partial charge is 0.164 e. The number of benzene rings is 7. The first kappa shape index (κ1) is 27.8. The maximum atomic E-state index is 5.06. The average Bonchev–Trinajstić information content (AvgIpc) is 3.55. The molecule has 228 valence electrons. The van der Waals surface area contributed by atoms with Crippen molar-refractivity contribution in [1.82, 2.24) is 19.9 Å². The molecule has 10 aromatic rings. The van der Waals surface area contributed by atoms with E-state index in [1.165, 1.54) is 52.7 Å². The molecule has 0 radical (unpaired) electrons. The molecule has 0 N–H and O–H groups in total. The van der Waals surface area contributed by atoms with E-state index in [1.54, 1.807) is 11.3 Å². The van der Waals surface area contributed by atoms with Crippen molar-refractivity contribution in [3.63, 3.8) is 0 Å². The molecule has 0 bridgehead atoms. The molecule has 49 heavy (non-hydrogen) atoms. The van der Waals surface area contributed by atoms with Crippen LogP contribution in [0.4, 0.5) is 0 Å². The number of hydrogen-bond acceptors (Lipinski definition) is 5. The summed E-state index contributed by atoms with van der Waals surface area (Å²) in [6, 6.07) is 51.3. The van der Waals surface area contributed by atoms with Crippen LogP contribution in [0.25, 0.3) is 97.8 Å². The normalized spacial score (nSPS) is 11.7. The monoisotopic (exact) mass is 642 g/mol. The van der Waals surface area contributed by atoms with Gasteiger partial charge in [0.25, 0.3) is 0 Å². The minimum atomic E-state index is 0.646. The summed E-state index contributed by atoms with van der Waals surface area (Å²) in [5, 5.41) is 9.75. The van der Waals surface area contributed by atoms with Crippen molar-refractivity contribution in [2.75, 3.05) is 0 Å². The molecule has 5 heteroatoms. The second-order valence-corrected chi connectivity index (χ2v) is 13.4. The third-order valence-corrected chi connectivity index (χ3v) is 10.5. The minimum absolute atomic E-state index is 0.646. The molecule has 0 fully saturated rings. The van der Waals surface area contributed by atoms with Crippen LogP contribution in [0.3, 0.4) is 0 Å². The summed E-state index contributed by atoms with van der Waals surface area (Å²) in [6.45, 7) is 0. The fraction of sp³-hybridized carbons (Fsp3) is 0. The highest BCUT2D eigenvalue weighted by Gasteiger charge is 2.16. The molecule has 3 aromatic heterocycles. The summed E-state index contributed by atoms with van der Waals surface area (Å²) >= 11 is 1.80. The maximum Gasteiger partial charge on any atom is 0.164 e. The number of pyridine rings is 1. The summed E-state index contributed by atoms with van der Waals surface area (Å²) in [7, 11) is 0. The van der Waals surface area contributed by atoms with Crippen molar-refractivity contribution in [3.05, 3.63) is 158 Å². The molecule has 0 spiro atoms. The van der Waals surface area contributed by atoms with Gasteiger partial charge in [-0.1, -0.05) is 121 Å². The Morgan fingerprint density at radius 2 is 1.02 bits per heavy atom. The maximum absolute atomic E-state index is 5.06.